The minimum absolute atomic E-state index is 0.00168. The number of pyridine rings is 1. The lowest BCUT2D eigenvalue weighted by atomic mass is 9.91. The lowest BCUT2D eigenvalue weighted by molar-refractivity contribution is -0.140. The normalized spacial score (nSPS) is 16.7. The summed E-state index contributed by atoms with van der Waals surface area (Å²) < 4.78 is 5.97. The van der Waals surface area contributed by atoms with E-state index >= 15 is 0 Å². The van der Waals surface area contributed by atoms with Crippen molar-refractivity contribution in [3.63, 3.8) is 0 Å². The molecule has 2 fully saturated rings. The highest BCUT2D eigenvalue weighted by Gasteiger charge is 2.33. The number of carbonyl (C=O) groups is 2. The maximum absolute atomic E-state index is 13.5. The number of ether oxygens (including phenoxy) is 1. The van der Waals surface area contributed by atoms with Crippen molar-refractivity contribution >= 4 is 22.7 Å². The molecule has 2 aliphatic rings. The molecule has 2 aliphatic heterocycles. The lowest BCUT2D eigenvalue weighted by Gasteiger charge is -2.37. The Labute approximate surface area is 303 Å². The van der Waals surface area contributed by atoms with Crippen LogP contribution >= 0.6 is 0 Å². The second-order valence-electron chi connectivity index (χ2n) is 14.4. The van der Waals surface area contributed by atoms with Gasteiger partial charge in [-0.2, -0.15) is 0 Å². The number of aryl methyl sites for hydroxylation is 2. The summed E-state index contributed by atoms with van der Waals surface area (Å²) >= 11 is 0. The number of nitrogens with zero attached hydrogens (tertiary/aromatic N) is 3. The molecule has 2 N–H and O–H groups in total. The highest BCUT2D eigenvalue weighted by molar-refractivity contribution is 5.84. The molecule has 0 spiro atoms. The number of carbonyl (C=O) groups excluding carboxylic acids is 2. The van der Waals surface area contributed by atoms with Gasteiger partial charge in [0, 0.05) is 49.1 Å². The number of aromatic nitrogens is 1. The van der Waals surface area contributed by atoms with Crippen molar-refractivity contribution < 1.29 is 19.4 Å². The van der Waals surface area contributed by atoms with E-state index in [1.807, 2.05) is 35.2 Å². The largest absolute Gasteiger partial charge is 0.490 e. The molecule has 4 aromatic rings. The van der Waals surface area contributed by atoms with Crippen molar-refractivity contribution in [3.8, 4) is 5.75 Å². The third-order valence-electron chi connectivity index (χ3n) is 10.7. The van der Waals surface area contributed by atoms with Crippen LogP contribution in [-0.2, 0) is 22.4 Å². The van der Waals surface area contributed by atoms with E-state index in [2.05, 4.69) is 75.9 Å². The van der Waals surface area contributed by atoms with Crippen molar-refractivity contribution in [2.45, 2.75) is 76.4 Å². The Bertz CT molecular complexity index is 1600. The molecule has 3 aromatic carbocycles. The number of piperidine rings is 2. The first kappa shape index (κ1) is 36.5. The first-order chi connectivity index (χ1) is 25.0. The van der Waals surface area contributed by atoms with Gasteiger partial charge in [0.15, 0.2) is 0 Å². The minimum atomic E-state index is -0.623. The molecule has 51 heavy (non-hydrogen) atoms. The maximum Gasteiger partial charge on any atom is 0.225 e. The van der Waals surface area contributed by atoms with E-state index in [-0.39, 0.29) is 36.3 Å². The molecule has 0 aliphatic carbocycles. The third-order valence-corrected chi connectivity index (χ3v) is 10.7. The second kappa shape index (κ2) is 18.8. The minimum Gasteiger partial charge on any atom is -0.490 e. The van der Waals surface area contributed by atoms with Crippen LogP contribution in [0.15, 0.2) is 97.2 Å². The summed E-state index contributed by atoms with van der Waals surface area (Å²) in [4.78, 5) is 35.6. The zero-order chi connectivity index (χ0) is 35.3. The first-order valence-corrected chi connectivity index (χ1v) is 19.1. The molecule has 0 bridgehead atoms. The Hall–Kier alpha value is -4.27. The fourth-order valence-corrected chi connectivity index (χ4v) is 7.72. The standard InChI is InChI=1S/C43H54N4O4/c48-38(32-51-41-21-9-20-40-39(41)19-10-26-44-40)31-46-27-22-36(23-28-46)43(50)47-29-24-35(25-30-47)42(49)45-37(17-7-15-33-11-3-1-4-12-33)18-8-16-34-13-5-2-6-14-34/h1-6,9-14,19-21,26,35-38,48H,7-8,15-18,22-25,27-32H2,(H,45,49)/t38-/m1/s1. The van der Waals surface area contributed by atoms with E-state index < -0.39 is 6.10 Å². The molecular formula is C43H54N4O4. The van der Waals surface area contributed by atoms with Crippen molar-refractivity contribution in [1.82, 2.24) is 20.1 Å². The average molecular weight is 691 g/mol. The number of rotatable bonds is 16. The highest BCUT2D eigenvalue weighted by atomic mass is 16.5. The summed E-state index contributed by atoms with van der Waals surface area (Å²) in [7, 11) is 0. The van der Waals surface area contributed by atoms with Gasteiger partial charge >= 0.3 is 0 Å². The van der Waals surface area contributed by atoms with E-state index in [9.17, 15) is 14.7 Å². The van der Waals surface area contributed by atoms with Crippen LogP contribution in [-0.4, -0.2) is 83.2 Å². The monoisotopic (exact) mass is 690 g/mol. The Balaban J connectivity index is 0.906. The van der Waals surface area contributed by atoms with E-state index in [4.69, 9.17) is 4.74 Å². The Morgan fingerprint density at radius 3 is 2.04 bits per heavy atom. The first-order valence-electron chi connectivity index (χ1n) is 19.1. The topological polar surface area (TPSA) is 95.0 Å². The van der Waals surface area contributed by atoms with E-state index in [0.29, 0.717) is 19.6 Å². The predicted octanol–water partition coefficient (Wildman–Crippen LogP) is 6.46. The summed E-state index contributed by atoms with van der Waals surface area (Å²) in [5.74, 6) is 1.06. The number of fused-ring (bicyclic) bond motifs is 1. The van der Waals surface area contributed by atoms with Gasteiger partial charge in [-0.1, -0.05) is 66.7 Å². The highest BCUT2D eigenvalue weighted by Crippen LogP contribution is 2.26. The Morgan fingerprint density at radius 1 is 0.765 bits per heavy atom. The van der Waals surface area contributed by atoms with Crippen LogP contribution in [0.1, 0.15) is 62.5 Å². The number of likely N-dealkylation sites (tertiary alicyclic amines) is 2. The van der Waals surface area contributed by atoms with Crippen molar-refractivity contribution in [1.29, 1.82) is 0 Å². The smallest absolute Gasteiger partial charge is 0.225 e. The zero-order valence-corrected chi connectivity index (χ0v) is 29.9. The quantitative estimate of drug-likeness (QED) is 0.140. The Kier molecular flexibility index (Phi) is 13.5. The Morgan fingerprint density at radius 2 is 1.39 bits per heavy atom. The van der Waals surface area contributed by atoms with E-state index in [0.717, 1.165) is 94.0 Å². The van der Waals surface area contributed by atoms with Crippen LogP contribution < -0.4 is 10.1 Å². The van der Waals surface area contributed by atoms with Gasteiger partial charge in [-0.15, -0.1) is 0 Å². The summed E-state index contributed by atoms with van der Waals surface area (Å²) in [6.07, 6.45) is 10.2. The number of amides is 2. The fourth-order valence-electron chi connectivity index (χ4n) is 7.72. The molecule has 0 saturated carbocycles. The van der Waals surface area contributed by atoms with Crippen LogP contribution in [0.25, 0.3) is 10.9 Å². The van der Waals surface area contributed by atoms with Crippen molar-refractivity contribution in [2.24, 2.45) is 11.8 Å². The number of nitrogens with one attached hydrogen (secondary N) is 1. The number of aliphatic hydroxyl groups is 1. The summed E-state index contributed by atoms with van der Waals surface area (Å²) in [6, 6.07) is 30.9. The summed E-state index contributed by atoms with van der Waals surface area (Å²) in [5.41, 5.74) is 3.55. The molecule has 2 amide bonds. The van der Waals surface area contributed by atoms with Gasteiger partial charge in [0.05, 0.1) is 5.52 Å². The van der Waals surface area contributed by atoms with Gasteiger partial charge in [0.1, 0.15) is 18.5 Å². The molecule has 0 unspecified atom stereocenters. The number of benzene rings is 3. The number of hydrogen-bond acceptors (Lipinski definition) is 6. The maximum atomic E-state index is 13.5. The van der Waals surface area contributed by atoms with Crippen molar-refractivity contribution in [2.75, 3.05) is 39.3 Å². The number of hydrogen-bond donors (Lipinski definition) is 2. The summed E-state index contributed by atoms with van der Waals surface area (Å²) in [6.45, 7) is 3.56. The van der Waals surface area contributed by atoms with Gasteiger partial charge in [0.2, 0.25) is 11.8 Å². The average Bonchev–Trinajstić information content (AvgIpc) is 3.18. The molecule has 8 heteroatoms. The lowest BCUT2D eigenvalue weighted by Crippen LogP contribution is -2.49. The van der Waals surface area contributed by atoms with Crippen LogP contribution in [0.4, 0.5) is 0 Å². The molecule has 1 aromatic heterocycles. The predicted molar refractivity (Wildman–Crippen MR) is 202 cm³/mol. The van der Waals surface area contributed by atoms with E-state index in [1.165, 1.54) is 11.1 Å². The van der Waals surface area contributed by atoms with Gasteiger partial charge in [-0.05, 0) is 113 Å². The molecular weight excluding hydrogens is 636 g/mol. The molecule has 8 nitrogen and oxygen atoms in total. The molecule has 3 heterocycles. The van der Waals surface area contributed by atoms with Crippen LogP contribution in [0.2, 0.25) is 0 Å². The number of aliphatic hydroxyl groups excluding tert-OH is 1. The van der Waals surface area contributed by atoms with Gasteiger partial charge in [-0.3, -0.25) is 14.6 Å². The summed E-state index contributed by atoms with van der Waals surface area (Å²) in [5, 5.41) is 15.1. The molecule has 270 valence electrons. The van der Waals surface area contributed by atoms with Gasteiger partial charge < -0.3 is 25.0 Å². The van der Waals surface area contributed by atoms with Gasteiger partial charge in [-0.25, -0.2) is 0 Å². The van der Waals surface area contributed by atoms with Crippen LogP contribution in [0.5, 0.6) is 5.75 Å². The SMILES string of the molecule is O=C(NC(CCCc1ccccc1)CCCc1ccccc1)C1CCN(C(=O)C2CCN(C[C@@H](O)COc3cccc4ncccc34)CC2)CC1. The third kappa shape index (κ3) is 10.9. The van der Waals surface area contributed by atoms with Gasteiger partial charge in [0.25, 0.3) is 0 Å². The molecule has 2 saturated heterocycles. The second-order valence-corrected chi connectivity index (χ2v) is 14.4. The van der Waals surface area contributed by atoms with E-state index in [1.54, 1.807) is 6.20 Å². The number of β-amino-alcohol motifs (C(OH)–C–C–N with tert-alkyl or cyclic N) is 1. The van der Waals surface area contributed by atoms with Crippen LogP contribution in [0.3, 0.4) is 0 Å². The van der Waals surface area contributed by atoms with Crippen molar-refractivity contribution in [3.05, 3.63) is 108 Å². The fraction of sp³-hybridized carbons (Fsp3) is 0.465. The molecule has 6 rings (SSSR count). The molecule has 0 radical (unpaired) electrons. The molecule has 1 atom stereocenters. The van der Waals surface area contributed by atoms with Crippen LogP contribution in [0, 0.1) is 11.8 Å². The zero-order valence-electron chi connectivity index (χ0n) is 29.9.